The van der Waals surface area contributed by atoms with Gasteiger partial charge < -0.3 is 4.74 Å². The lowest BCUT2D eigenvalue weighted by molar-refractivity contribution is 0.0954. The molecule has 0 atom stereocenters. The summed E-state index contributed by atoms with van der Waals surface area (Å²) in [5.74, 6) is 0.412. The number of hydrogen-bond donors (Lipinski definition) is 1. The number of nitrogens with one attached hydrogen (secondary N) is 1. The van der Waals surface area contributed by atoms with Crippen LogP contribution in [0.25, 0.3) is 0 Å². The first-order valence-electron chi connectivity index (χ1n) is 6.93. The fraction of sp³-hybridized carbons (Fsp3) is 0.176. The van der Waals surface area contributed by atoms with Crippen molar-refractivity contribution in [3.8, 4) is 5.75 Å². The highest BCUT2D eigenvalue weighted by molar-refractivity contribution is 6.30. The Balaban J connectivity index is 2.11. The summed E-state index contributed by atoms with van der Waals surface area (Å²) in [6.45, 7) is 4.32. The number of rotatable bonds is 5. The van der Waals surface area contributed by atoms with Crippen molar-refractivity contribution in [1.82, 2.24) is 5.43 Å². The van der Waals surface area contributed by atoms with Crippen LogP contribution >= 0.6 is 11.6 Å². The van der Waals surface area contributed by atoms with Gasteiger partial charge in [-0.1, -0.05) is 29.8 Å². The Morgan fingerprint density at radius 1 is 1.32 bits per heavy atom. The average molecular weight is 317 g/mol. The predicted octanol–water partition coefficient (Wildman–Crippen LogP) is 3.81. The Morgan fingerprint density at radius 2 is 2.09 bits per heavy atom. The van der Waals surface area contributed by atoms with Gasteiger partial charge in [-0.15, -0.1) is 0 Å². The van der Waals surface area contributed by atoms with Crippen LogP contribution in [0.5, 0.6) is 5.75 Å². The monoisotopic (exact) mass is 316 g/mol. The Morgan fingerprint density at radius 3 is 2.82 bits per heavy atom. The van der Waals surface area contributed by atoms with E-state index in [9.17, 15) is 4.79 Å². The minimum Gasteiger partial charge on any atom is -0.493 e. The summed E-state index contributed by atoms with van der Waals surface area (Å²) < 4.78 is 5.49. The largest absolute Gasteiger partial charge is 0.493 e. The van der Waals surface area contributed by atoms with Gasteiger partial charge in [0.15, 0.2) is 0 Å². The minimum atomic E-state index is -0.255. The van der Waals surface area contributed by atoms with Gasteiger partial charge in [0.25, 0.3) is 5.91 Å². The van der Waals surface area contributed by atoms with Crippen LogP contribution in [0.1, 0.15) is 28.4 Å². The number of nitrogens with zero attached hydrogens (tertiary/aromatic N) is 1. The minimum absolute atomic E-state index is 0.255. The highest BCUT2D eigenvalue weighted by Gasteiger charge is 2.07. The quantitative estimate of drug-likeness (QED) is 0.673. The average Bonchev–Trinajstić information content (AvgIpc) is 2.50. The maximum Gasteiger partial charge on any atom is 0.271 e. The second kappa shape index (κ2) is 7.61. The molecule has 4 nitrogen and oxygen atoms in total. The summed E-state index contributed by atoms with van der Waals surface area (Å²) in [5.41, 5.74) is 4.71. The van der Waals surface area contributed by atoms with Gasteiger partial charge in [-0.25, -0.2) is 5.43 Å². The van der Waals surface area contributed by atoms with Gasteiger partial charge in [0.1, 0.15) is 5.75 Å². The van der Waals surface area contributed by atoms with Crippen molar-refractivity contribution < 1.29 is 9.53 Å². The molecule has 1 amide bonds. The van der Waals surface area contributed by atoms with Crippen LogP contribution in [0.15, 0.2) is 47.6 Å². The topological polar surface area (TPSA) is 50.7 Å². The van der Waals surface area contributed by atoms with Crippen LogP contribution in [-0.4, -0.2) is 18.7 Å². The number of benzene rings is 2. The fourth-order valence-corrected chi connectivity index (χ4v) is 2.14. The Hall–Kier alpha value is -2.33. The second-order valence-electron chi connectivity index (χ2n) is 4.63. The highest BCUT2D eigenvalue weighted by Crippen LogP contribution is 2.21. The third-order valence-electron chi connectivity index (χ3n) is 3.03. The summed E-state index contributed by atoms with van der Waals surface area (Å²) in [6.07, 6.45) is 1.52. The van der Waals surface area contributed by atoms with E-state index in [0.717, 1.165) is 5.56 Å². The van der Waals surface area contributed by atoms with Crippen LogP contribution in [0, 0.1) is 6.92 Å². The van der Waals surface area contributed by atoms with Crippen LogP contribution in [0.4, 0.5) is 0 Å². The zero-order chi connectivity index (χ0) is 15.9. The van der Waals surface area contributed by atoms with E-state index in [1.807, 2.05) is 32.0 Å². The molecule has 0 unspecified atom stereocenters. The Labute approximate surface area is 134 Å². The first-order chi connectivity index (χ1) is 10.6. The standard InChI is InChI=1S/C17H17ClN2O2/c1-3-22-16-9-8-14(18)10-13(16)11-19-20-17(21)15-7-5-4-6-12(15)2/h4-11H,3H2,1-2H3,(H,20,21)/b19-11-. The lowest BCUT2D eigenvalue weighted by Crippen LogP contribution is -2.18. The third-order valence-corrected chi connectivity index (χ3v) is 3.27. The van der Waals surface area contributed by atoms with Crippen molar-refractivity contribution in [3.63, 3.8) is 0 Å². The van der Waals surface area contributed by atoms with E-state index < -0.39 is 0 Å². The molecule has 1 N–H and O–H groups in total. The summed E-state index contributed by atoms with van der Waals surface area (Å²) in [6, 6.07) is 12.6. The molecule has 0 radical (unpaired) electrons. The van der Waals surface area contributed by atoms with E-state index in [-0.39, 0.29) is 5.91 Å². The molecule has 0 aromatic heterocycles. The van der Waals surface area contributed by atoms with Crippen LogP contribution < -0.4 is 10.2 Å². The van der Waals surface area contributed by atoms with Crippen LogP contribution in [0.2, 0.25) is 5.02 Å². The van der Waals surface area contributed by atoms with E-state index in [1.165, 1.54) is 6.21 Å². The number of hydrazone groups is 1. The highest BCUT2D eigenvalue weighted by atomic mass is 35.5. The van der Waals surface area contributed by atoms with Crippen LogP contribution in [-0.2, 0) is 0 Å². The van der Waals surface area contributed by atoms with Gasteiger partial charge in [-0.3, -0.25) is 4.79 Å². The van der Waals surface area contributed by atoms with Crippen molar-refractivity contribution in [2.45, 2.75) is 13.8 Å². The fourth-order valence-electron chi connectivity index (χ4n) is 1.96. The van der Waals surface area contributed by atoms with Crippen molar-refractivity contribution >= 4 is 23.7 Å². The predicted molar refractivity (Wildman–Crippen MR) is 88.9 cm³/mol. The van der Waals surface area contributed by atoms with Gasteiger partial charge in [0, 0.05) is 16.1 Å². The summed E-state index contributed by atoms with van der Waals surface area (Å²) >= 11 is 5.97. The zero-order valence-electron chi connectivity index (χ0n) is 12.5. The molecule has 0 fully saturated rings. The number of hydrogen-bond acceptors (Lipinski definition) is 3. The lowest BCUT2D eigenvalue weighted by Gasteiger charge is -2.07. The maximum absolute atomic E-state index is 12.1. The normalized spacial score (nSPS) is 10.7. The van der Waals surface area contributed by atoms with Gasteiger partial charge in [-0.2, -0.15) is 5.10 Å². The van der Waals surface area contributed by atoms with E-state index in [0.29, 0.717) is 28.5 Å². The summed E-state index contributed by atoms with van der Waals surface area (Å²) in [4.78, 5) is 12.1. The molecule has 0 saturated carbocycles. The summed E-state index contributed by atoms with van der Waals surface area (Å²) in [7, 11) is 0. The molecule has 0 spiro atoms. The first-order valence-corrected chi connectivity index (χ1v) is 7.31. The van der Waals surface area contributed by atoms with Crippen molar-refractivity contribution in [3.05, 3.63) is 64.2 Å². The smallest absolute Gasteiger partial charge is 0.271 e. The molecule has 22 heavy (non-hydrogen) atoms. The number of amides is 1. The van der Waals surface area contributed by atoms with E-state index in [4.69, 9.17) is 16.3 Å². The SMILES string of the molecule is CCOc1ccc(Cl)cc1/C=N\NC(=O)c1ccccc1C. The number of carbonyl (C=O) groups excluding carboxylic acids is 1. The molecule has 2 rings (SSSR count). The molecule has 0 aliphatic carbocycles. The number of carbonyl (C=O) groups is 1. The number of ether oxygens (including phenoxy) is 1. The van der Waals surface area contributed by atoms with E-state index in [2.05, 4.69) is 10.5 Å². The molecular weight excluding hydrogens is 300 g/mol. The van der Waals surface area contributed by atoms with Gasteiger partial charge in [-0.05, 0) is 43.7 Å². The molecule has 2 aromatic rings. The van der Waals surface area contributed by atoms with E-state index >= 15 is 0 Å². The number of halogens is 1. The Kier molecular flexibility index (Phi) is 5.55. The molecule has 2 aromatic carbocycles. The molecule has 0 bridgehead atoms. The van der Waals surface area contributed by atoms with Crippen molar-refractivity contribution in [1.29, 1.82) is 0 Å². The second-order valence-corrected chi connectivity index (χ2v) is 5.07. The van der Waals surface area contributed by atoms with Gasteiger partial charge >= 0.3 is 0 Å². The third kappa shape index (κ3) is 4.09. The maximum atomic E-state index is 12.1. The first kappa shape index (κ1) is 16.0. The van der Waals surface area contributed by atoms with Gasteiger partial charge in [0.2, 0.25) is 0 Å². The van der Waals surface area contributed by atoms with Gasteiger partial charge in [0.05, 0.1) is 12.8 Å². The molecule has 0 saturated heterocycles. The lowest BCUT2D eigenvalue weighted by atomic mass is 10.1. The van der Waals surface area contributed by atoms with E-state index in [1.54, 1.807) is 24.3 Å². The van der Waals surface area contributed by atoms with Crippen LogP contribution in [0.3, 0.4) is 0 Å². The molecule has 0 aliphatic heterocycles. The molecule has 114 valence electrons. The zero-order valence-corrected chi connectivity index (χ0v) is 13.2. The molecule has 5 heteroatoms. The van der Waals surface area contributed by atoms with Crippen molar-refractivity contribution in [2.24, 2.45) is 5.10 Å². The molecule has 0 heterocycles. The van der Waals surface area contributed by atoms with Crippen molar-refractivity contribution in [2.75, 3.05) is 6.61 Å². The molecule has 0 aliphatic rings. The Bertz CT molecular complexity index is 699. The molecular formula is C17H17ClN2O2. The summed E-state index contributed by atoms with van der Waals surface area (Å²) in [5, 5.41) is 4.56. The number of aryl methyl sites for hydroxylation is 1.